The van der Waals surface area contributed by atoms with E-state index in [9.17, 15) is 5.21 Å². The average molecular weight is 1020 g/mol. The van der Waals surface area contributed by atoms with E-state index in [2.05, 4.69) is 117 Å². The molecule has 0 radical (unpaired) electrons. The molecule has 9 aromatic heterocycles. The summed E-state index contributed by atoms with van der Waals surface area (Å²) in [4.78, 5) is 32.9. The van der Waals surface area contributed by atoms with Gasteiger partial charge in [0.25, 0.3) is 0 Å². The SMILES string of the molecule is Cc1ccc(C)c(C)n1.Cc1ccc(C)c(C)n1.Cc1ccc(C)nc1.Cc1ccc2ccccc2n1.Cc1cccc[n+]1[O-].Cc1cccnc1.Cc1cccnc1C.Cc1ccncc1C.Cc1cncc(C)c1. The van der Waals surface area contributed by atoms with Crippen molar-refractivity contribution in [3.8, 4) is 0 Å². The van der Waals surface area contributed by atoms with Crippen LogP contribution in [0, 0.1) is 123 Å². The van der Waals surface area contributed by atoms with Crippen LogP contribution in [0.15, 0.2) is 183 Å². The molecule has 0 saturated carbocycles. The summed E-state index contributed by atoms with van der Waals surface area (Å²) in [6.07, 6.45) is 16.2. The van der Waals surface area contributed by atoms with E-state index in [1.807, 2.05) is 192 Å². The van der Waals surface area contributed by atoms with Gasteiger partial charge in [-0.1, -0.05) is 66.7 Å². The molecule has 10 aromatic rings. The van der Waals surface area contributed by atoms with Gasteiger partial charge in [0.2, 0.25) is 0 Å². The summed E-state index contributed by atoms with van der Waals surface area (Å²) in [5.41, 5.74) is 20.8. The van der Waals surface area contributed by atoms with Crippen LogP contribution in [0.5, 0.6) is 0 Å². The van der Waals surface area contributed by atoms with Crippen molar-refractivity contribution in [2.45, 2.75) is 118 Å². The number of hydrogen-bond acceptors (Lipinski definition) is 9. The molecule has 0 aliphatic carbocycles. The van der Waals surface area contributed by atoms with Crippen molar-refractivity contribution in [3.05, 3.63) is 284 Å². The van der Waals surface area contributed by atoms with Gasteiger partial charge in [0.1, 0.15) is 0 Å². The van der Waals surface area contributed by atoms with Crippen LogP contribution in [0.25, 0.3) is 10.9 Å². The second-order valence-corrected chi connectivity index (χ2v) is 18.4. The number of pyridine rings is 9. The van der Waals surface area contributed by atoms with Gasteiger partial charge in [-0.15, -0.1) is 0 Å². The first-order valence-corrected chi connectivity index (χ1v) is 25.3. The predicted molar refractivity (Wildman–Crippen MR) is 317 cm³/mol. The standard InChI is InChI=1S/C10H9N.2C8H11N.4C7H9N.C6H7NO.C6H7N/c1-8-6-7-9-4-2-3-5-10(9)11-8;2*1-6-4-5-7(2)9-8(6)3;1-6-3-7(2)5-8-4-6;1-6-3-4-8-5-7(6)2;1-6-3-4-7(2)8-5-6;1-6-4-3-5-8-7(6)2;1-6-4-2-3-5-7(6)8;1-6-3-2-4-7-5-6/h2-7H,1H3;2*4-5H,1-3H3;4*3-5H,1-2H3;2-5H,1H3;2-5H,1H3. The number of hydrogen-bond donors (Lipinski definition) is 0. The van der Waals surface area contributed by atoms with Crippen LogP contribution in [0.1, 0.15) is 95.6 Å². The number of para-hydroxylation sites is 1. The molecular formula is C66H81N9O. The molecule has 10 rings (SSSR count). The maximum atomic E-state index is 10.5. The van der Waals surface area contributed by atoms with E-state index in [-0.39, 0.29) is 0 Å². The summed E-state index contributed by atoms with van der Waals surface area (Å²) in [5, 5.41) is 11.7. The Balaban J connectivity index is 0.000000293. The zero-order chi connectivity index (χ0) is 56.4. The Labute approximate surface area is 455 Å². The van der Waals surface area contributed by atoms with Gasteiger partial charge in [0.15, 0.2) is 11.9 Å². The molecule has 396 valence electrons. The van der Waals surface area contributed by atoms with Crippen LogP contribution in [-0.4, -0.2) is 39.9 Å². The van der Waals surface area contributed by atoms with Crippen LogP contribution in [0.4, 0.5) is 0 Å². The van der Waals surface area contributed by atoms with Crippen LogP contribution < -0.4 is 4.73 Å². The van der Waals surface area contributed by atoms with Gasteiger partial charge in [-0.3, -0.25) is 39.9 Å². The molecule has 0 saturated heterocycles. The lowest BCUT2D eigenvalue weighted by Crippen LogP contribution is -2.28. The third-order valence-electron chi connectivity index (χ3n) is 11.2. The van der Waals surface area contributed by atoms with Crippen LogP contribution in [0.3, 0.4) is 0 Å². The average Bonchev–Trinajstić information content (AvgIpc) is 3.39. The molecular weight excluding hydrogens is 935 g/mol. The highest BCUT2D eigenvalue weighted by Crippen LogP contribution is 2.11. The van der Waals surface area contributed by atoms with Crippen LogP contribution in [-0.2, 0) is 0 Å². The summed E-state index contributed by atoms with van der Waals surface area (Å²) in [7, 11) is 0. The molecule has 0 unspecified atom stereocenters. The fourth-order valence-electron chi connectivity index (χ4n) is 6.00. The number of nitrogens with zero attached hydrogens (tertiary/aromatic N) is 9. The van der Waals surface area contributed by atoms with Gasteiger partial charge < -0.3 is 5.21 Å². The Kier molecular flexibility index (Phi) is 30.0. The van der Waals surface area contributed by atoms with Crippen molar-refractivity contribution in [1.29, 1.82) is 0 Å². The Morgan fingerprint density at radius 3 is 1.25 bits per heavy atom. The number of aryl methyl sites for hydroxylation is 17. The van der Waals surface area contributed by atoms with E-state index in [1.54, 1.807) is 25.3 Å². The maximum Gasteiger partial charge on any atom is 0.189 e. The summed E-state index contributed by atoms with van der Waals surface area (Å²) in [5.74, 6) is 0. The molecule has 1 aromatic carbocycles. The van der Waals surface area contributed by atoms with Crippen molar-refractivity contribution in [3.63, 3.8) is 0 Å². The second-order valence-electron chi connectivity index (χ2n) is 18.4. The molecule has 0 amide bonds. The summed E-state index contributed by atoms with van der Waals surface area (Å²) < 4.78 is 0.833. The second kappa shape index (κ2) is 35.7. The maximum absolute atomic E-state index is 10.5. The summed E-state index contributed by atoms with van der Waals surface area (Å²) in [6.45, 7) is 34.3. The minimum absolute atomic E-state index is 0.729. The molecule has 9 heterocycles. The molecule has 10 heteroatoms. The van der Waals surface area contributed by atoms with Gasteiger partial charge >= 0.3 is 0 Å². The zero-order valence-electron chi connectivity index (χ0n) is 48.3. The molecule has 0 bridgehead atoms. The Hall–Kier alpha value is -8.37. The molecule has 0 N–H and O–H groups in total. The lowest BCUT2D eigenvalue weighted by atomic mass is 10.2. The Bertz CT molecular complexity index is 2940. The monoisotopic (exact) mass is 1020 g/mol. The van der Waals surface area contributed by atoms with E-state index in [4.69, 9.17) is 0 Å². The highest BCUT2D eigenvalue weighted by Gasteiger charge is 1.94. The van der Waals surface area contributed by atoms with Crippen molar-refractivity contribution >= 4 is 10.9 Å². The first-order valence-electron chi connectivity index (χ1n) is 25.3. The zero-order valence-corrected chi connectivity index (χ0v) is 48.3. The van der Waals surface area contributed by atoms with Crippen LogP contribution >= 0.6 is 0 Å². The van der Waals surface area contributed by atoms with Crippen molar-refractivity contribution in [2.75, 3.05) is 0 Å². The molecule has 0 spiro atoms. The number of benzene rings is 1. The van der Waals surface area contributed by atoms with Gasteiger partial charge in [0.05, 0.1) is 5.52 Å². The molecule has 10 nitrogen and oxygen atoms in total. The third-order valence-corrected chi connectivity index (χ3v) is 11.2. The van der Waals surface area contributed by atoms with Crippen molar-refractivity contribution < 1.29 is 4.73 Å². The first kappa shape index (κ1) is 63.7. The topological polar surface area (TPSA) is 130 Å². The van der Waals surface area contributed by atoms with Crippen molar-refractivity contribution in [2.24, 2.45) is 0 Å². The highest BCUT2D eigenvalue weighted by atomic mass is 16.5. The first-order chi connectivity index (χ1) is 36.1. The molecule has 0 aliphatic rings. The smallest absolute Gasteiger partial charge is 0.189 e. The van der Waals surface area contributed by atoms with Gasteiger partial charge in [0, 0.05) is 114 Å². The highest BCUT2D eigenvalue weighted by molar-refractivity contribution is 5.78. The summed E-state index contributed by atoms with van der Waals surface area (Å²) >= 11 is 0. The molecule has 0 aliphatic heterocycles. The molecule has 0 atom stereocenters. The number of fused-ring (bicyclic) bond motifs is 1. The number of rotatable bonds is 0. The minimum atomic E-state index is 0.729. The predicted octanol–water partition coefficient (Wildman–Crippen LogP) is 15.4. The van der Waals surface area contributed by atoms with E-state index < -0.39 is 0 Å². The lowest BCUT2D eigenvalue weighted by Gasteiger charge is -1.97. The fourth-order valence-corrected chi connectivity index (χ4v) is 6.00. The van der Waals surface area contributed by atoms with E-state index in [0.717, 1.165) is 55.8 Å². The summed E-state index contributed by atoms with van der Waals surface area (Å²) in [6, 6.07) is 42.0. The van der Waals surface area contributed by atoms with Crippen molar-refractivity contribution in [1.82, 2.24) is 39.9 Å². The van der Waals surface area contributed by atoms with Gasteiger partial charge in [-0.2, -0.15) is 4.73 Å². The van der Waals surface area contributed by atoms with Gasteiger partial charge in [-0.05, 0) is 209 Å². The quantitative estimate of drug-likeness (QED) is 0.108. The molecule has 0 fully saturated rings. The molecule has 76 heavy (non-hydrogen) atoms. The van der Waals surface area contributed by atoms with Gasteiger partial charge in [-0.25, -0.2) is 0 Å². The Morgan fingerprint density at radius 2 is 0.855 bits per heavy atom. The van der Waals surface area contributed by atoms with E-state index in [0.29, 0.717) is 0 Å². The van der Waals surface area contributed by atoms with E-state index >= 15 is 0 Å². The third kappa shape index (κ3) is 28.2. The van der Waals surface area contributed by atoms with Crippen LogP contribution in [0.2, 0.25) is 0 Å². The number of aromatic nitrogens is 9. The fraction of sp³-hybridized carbons (Fsp3) is 0.258. The normalized spacial score (nSPS) is 9.43. The largest absolute Gasteiger partial charge is 0.619 e. The minimum Gasteiger partial charge on any atom is -0.619 e. The lowest BCUT2D eigenvalue weighted by molar-refractivity contribution is -0.612. The Morgan fingerprint density at radius 1 is 0.329 bits per heavy atom. The van der Waals surface area contributed by atoms with E-state index in [1.165, 1.54) is 61.7 Å².